The number of benzene rings is 2. The summed E-state index contributed by atoms with van der Waals surface area (Å²) in [5, 5.41) is 0. The van der Waals surface area contributed by atoms with Crippen molar-refractivity contribution in [3.63, 3.8) is 0 Å². The van der Waals surface area contributed by atoms with Gasteiger partial charge < -0.3 is 0 Å². The number of rotatable bonds is 11. The molecule has 0 unspecified atom stereocenters. The Morgan fingerprint density at radius 3 is 1.45 bits per heavy atom. The second-order valence-corrected chi connectivity index (χ2v) is 15.2. The van der Waals surface area contributed by atoms with Gasteiger partial charge in [0, 0.05) is 0 Å². The van der Waals surface area contributed by atoms with Gasteiger partial charge in [-0.15, -0.1) is 0 Å². The van der Waals surface area contributed by atoms with Crippen molar-refractivity contribution in [2.75, 3.05) is 6.61 Å². The van der Waals surface area contributed by atoms with Gasteiger partial charge in [0.1, 0.15) is 0 Å². The first-order chi connectivity index (χ1) is 14.5. The molecule has 0 radical (unpaired) electrons. The van der Waals surface area contributed by atoms with Crippen LogP contribution in [0.1, 0.15) is 78.9 Å². The van der Waals surface area contributed by atoms with Gasteiger partial charge in [-0.3, -0.25) is 0 Å². The summed E-state index contributed by atoms with van der Waals surface area (Å²) in [6, 6.07) is 16.5. The van der Waals surface area contributed by atoms with Gasteiger partial charge >= 0.3 is 198 Å². The van der Waals surface area contributed by atoms with Crippen LogP contribution in [0.4, 0.5) is 0 Å². The summed E-state index contributed by atoms with van der Waals surface area (Å²) in [6.07, 6.45) is 2.66. The molecule has 0 aliphatic rings. The van der Waals surface area contributed by atoms with E-state index in [9.17, 15) is 8.42 Å². The van der Waals surface area contributed by atoms with Crippen LogP contribution in [0.2, 0.25) is 0 Å². The van der Waals surface area contributed by atoms with Gasteiger partial charge in [-0.2, -0.15) is 0 Å². The van der Waals surface area contributed by atoms with E-state index in [0.29, 0.717) is 6.42 Å². The zero-order valence-corrected chi connectivity index (χ0v) is 22.8. The predicted molar refractivity (Wildman–Crippen MR) is 137 cm³/mol. The molecule has 0 bridgehead atoms. The van der Waals surface area contributed by atoms with Crippen molar-refractivity contribution in [1.82, 2.24) is 0 Å². The summed E-state index contributed by atoms with van der Waals surface area (Å²) in [5.41, 5.74) is 2.61. The topological polar surface area (TPSA) is 52.6 Å². The van der Waals surface area contributed by atoms with Gasteiger partial charge in [0.2, 0.25) is 0 Å². The molecular weight excluding hydrogens is 523 g/mol. The molecule has 0 saturated carbocycles. The molecule has 0 amide bonds. The molecule has 0 atom stereocenters. The predicted octanol–water partition coefficient (Wildman–Crippen LogP) is 7.21. The third-order valence-electron chi connectivity index (χ3n) is 5.99. The second-order valence-electron chi connectivity index (χ2n) is 9.03. The van der Waals surface area contributed by atoms with Crippen molar-refractivity contribution in [3.05, 3.63) is 66.8 Å². The molecule has 0 spiro atoms. The molecule has 174 valence electrons. The second kappa shape index (κ2) is 10.8. The summed E-state index contributed by atoms with van der Waals surface area (Å²) in [6.45, 7) is 15.2. The van der Waals surface area contributed by atoms with Gasteiger partial charge in [-0.05, 0) is 0 Å². The summed E-state index contributed by atoms with van der Waals surface area (Å²) in [5.74, 6) is 0. The molecule has 0 aliphatic carbocycles. The van der Waals surface area contributed by atoms with Crippen LogP contribution in [0, 0.1) is 7.14 Å². The Kier molecular flexibility index (Phi) is 9.14. The fourth-order valence-corrected chi connectivity index (χ4v) is 9.25. The minimum absolute atomic E-state index is 0.0716. The van der Waals surface area contributed by atoms with Crippen LogP contribution in [-0.4, -0.2) is 15.0 Å². The maximum absolute atomic E-state index is 12.5. The van der Waals surface area contributed by atoms with Crippen molar-refractivity contribution < 1.29 is 15.1 Å². The maximum atomic E-state index is 12.5. The van der Waals surface area contributed by atoms with E-state index in [0.717, 1.165) is 20.0 Å². The molecule has 0 fully saturated rings. The van der Waals surface area contributed by atoms with Crippen molar-refractivity contribution >= 4 is 30.6 Å². The van der Waals surface area contributed by atoms with E-state index in [4.69, 9.17) is 6.70 Å². The van der Waals surface area contributed by atoms with Gasteiger partial charge in [0.05, 0.1) is 0 Å². The van der Waals surface area contributed by atoms with E-state index in [1.807, 2.05) is 31.2 Å². The van der Waals surface area contributed by atoms with Crippen LogP contribution in [0.5, 0.6) is 0 Å². The molecule has 0 aromatic heterocycles. The van der Waals surface area contributed by atoms with Crippen LogP contribution in [0.15, 0.2) is 48.5 Å². The van der Waals surface area contributed by atoms with Gasteiger partial charge in [-0.25, -0.2) is 0 Å². The summed E-state index contributed by atoms with van der Waals surface area (Å²) >= 11 is -2.72. The van der Waals surface area contributed by atoms with Crippen molar-refractivity contribution in [1.29, 1.82) is 0 Å². The van der Waals surface area contributed by atoms with E-state index < -0.39 is 30.6 Å². The zero-order chi connectivity index (χ0) is 23.3. The first-order valence-corrected chi connectivity index (χ1v) is 15.3. The Labute approximate surface area is 197 Å². The van der Waals surface area contributed by atoms with E-state index in [-0.39, 0.29) is 17.4 Å². The Morgan fingerprint density at radius 2 is 1.13 bits per heavy atom. The molecular formula is C25H37IO4S. The first-order valence-electron chi connectivity index (χ1n) is 11.0. The Balaban J connectivity index is 2.44. The van der Waals surface area contributed by atoms with Crippen molar-refractivity contribution in [3.8, 4) is 0 Å². The standard InChI is InChI=1S/C25H37IO4S/c1-8-19-29-31(27,28)30-26(22-15-11-20(12-16-22)24(4,5)9-2)23-17-13-21(14-18-23)25(6,7)10-3/h11-18H,8-10,19H2,1-7H3. The van der Waals surface area contributed by atoms with Gasteiger partial charge in [-0.1, -0.05) is 0 Å². The first kappa shape index (κ1) is 26.3. The minimum atomic E-state index is -4.06. The summed E-state index contributed by atoms with van der Waals surface area (Å²) < 4.78 is 37.6. The van der Waals surface area contributed by atoms with Crippen LogP contribution in [0.25, 0.3) is 0 Å². The fraction of sp³-hybridized carbons (Fsp3) is 0.520. The van der Waals surface area contributed by atoms with E-state index in [2.05, 4.69) is 65.8 Å². The van der Waals surface area contributed by atoms with Crippen LogP contribution >= 0.6 is 20.2 Å². The summed E-state index contributed by atoms with van der Waals surface area (Å²) in [7, 11) is -4.06. The molecule has 6 heteroatoms. The third kappa shape index (κ3) is 7.01. The van der Waals surface area contributed by atoms with Gasteiger partial charge in [0.15, 0.2) is 0 Å². The number of halogens is 1. The quantitative estimate of drug-likeness (QED) is 0.273. The van der Waals surface area contributed by atoms with Gasteiger partial charge in [0.25, 0.3) is 0 Å². The zero-order valence-electron chi connectivity index (χ0n) is 19.9. The Morgan fingerprint density at radius 1 is 0.742 bits per heavy atom. The Bertz CT molecular complexity index is 873. The normalized spacial score (nSPS) is 13.3. The molecule has 2 aromatic rings. The molecule has 0 N–H and O–H groups in total. The average Bonchev–Trinajstić information content (AvgIpc) is 2.76. The van der Waals surface area contributed by atoms with Crippen LogP contribution in [-0.2, 0) is 27.9 Å². The van der Waals surface area contributed by atoms with E-state index in [1.54, 1.807) is 0 Å². The Hall–Kier alpha value is -0.960. The van der Waals surface area contributed by atoms with Crippen molar-refractivity contribution in [2.45, 2.75) is 78.6 Å². The molecule has 4 nitrogen and oxygen atoms in total. The molecule has 0 saturated heterocycles. The number of hydrogen-bond donors (Lipinski definition) is 0. The summed E-state index contributed by atoms with van der Waals surface area (Å²) in [4.78, 5) is 0. The van der Waals surface area contributed by atoms with E-state index >= 15 is 0 Å². The number of hydrogen-bond acceptors (Lipinski definition) is 4. The monoisotopic (exact) mass is 560 g/mol. The molecule has 31 heavy (non-hydrogen) atoms. The molecule has 2 aromatic carbocycles. The molecule has 0 heterocycles. The van der Waals surface area contributed by atoms with Crippen LogP contribution < -0.4 is 0 Å². The SMILES string of the molecule is CCCOS(=O)(=O)OI(c1ccc(C(C)(C)CC)cc1)c1ccc(C(C)(C)CC)cc1. The van der Waals surface area contributed by atoms with Crippen molar-refractivity contribution in [2.24, 2.45) is 0 Å². The van der Waals surface area contributed by atoms with E-state index in [1.165, 1.54) is 11.1 Å². The molecule has 2 rings (SSSR count). The fourth-order valence-electron chi connectivity index (χ4n) is 2.92. The average molecular weight is 561 g/mol. The molecule has 0 aliphatic heterocycles. The van der Waals surface area contributed by atoms with Crippen LogP contribution in [0.3, 0.4) is 0 Å². The third-order valence-corrected chi connectivity index (χ3v) is 12.8.